The van der Waals surface area contributed by atoms with Crippen molar-refractivity contribution < 1.29 is 0 Å². The first kappa shape index (κ1) is 10.6. The third-order valence-electron chi connectivity index (χ3n) is 3.08. The van der Waals surface area contributed by atoms with Crippen LogP contribution in [0.3, 0.4) is 0 Å². The van der Waals surface area contributed by atoms with Gasteiger partial charge in [0.2, 0.25) is 0 Å². The molecular formula is C17H11N. The van der Waals surface area contributed by atoms with E-state index in [1.54, 1.807) is 0 Å². The lowest BCUT2D eigenvalue weighted by Crippen LogP contribution is -1.81. The van der Waals surface area contributed by atoms with E-state index in [0.717, 1.165) is 5.56 Å². The number of allylic oxidation sites excluding steroid dienone is 2. The van der Waals surface area contributed by atoms with Crippen LogP contribution in [0.2, 0.25) is 0 Å². The van der Waals surface area contributed by atoms with Gasteiger partial charge >= 0.3 is 0 Å². The summed E-state index contributed by atoms with van der Waals surface area (Å²) in [6.07, 6.45) is 6.40. The fourth-order valence-corrected chi connectivity index (χ4v) is 2.13. The summed E-state index contributed by atoms with van der Waals surface area (Å²) in [7, 11) is 0. The molecule has 0 amide bonds. The monoisotopic (exact) mass is 229 g/mol. The first-order valence-corrected chi connectivity index (χ1v) is 5.86. The Hall–Kier alpha value is -2.59. The lowest BCUT2D eigenvalue weighted by atomic mass is 10.0. The number of fused-ring (bicyclic) bond motifs is 1. The van der Waals surface area contributed by atoms with Crippen LogP contribution >= 0.6 is 0 Å². The van der Waals surface area contributed by atoms with Gasteiger partial charge in [-0.25, -0.2) is 0 Å². The van der Waals surface area contributed by atoms with Gasteiger partial charge in [-0.2, -0.15) is 5.26 Å². The van der Waals surface area contributed by atoms with Crippen molar-refractivity contribution in [2.24, 2.45) is 0 Å². The molecule has 0 heterocycles. The number of benzene rings is 2. The van der Waals surface area contributed by atoms with Crippen molar-refractivity contribution in [2.75, 3.05) is 0 Å². The summed E-state index contributed by atoms with van der Waals surface area (Å²) in [5, 5.41) is 8.77. The lowest BCUT2D eigenvalue weighted by Gasteiger charge is -2.01. The minimum Gasteiger partial charge on any atom is -0.192 e. The molecule has 0 aromatic heterocycles. The zero-order valence-electron chi connectivity index (χ0n) is 9.80. The molecule has 0 aliphatic heterocycles. The normalized spacial score (nSPS) is 14.5. The fraction of sp³-hybridized carbons (Fsp3) is 0. The smallest absolute Gasteiger partial charge is 0.0991 e. The molecule has 1 aliphatic carbocycles. The van der Waals surface area contributed by atoms with E-state index in [4.69, 9.17) is 5.26 Å². The molecule has 84 valence electrons. The summed E-state index contributed by atoms with van der Waals surface area (Å²) >= 11 is 0. The van der Waals surface area contributed by atoms with E-state index in [0.29, 0.717) is 5.56 Å². The van der Waals surface area contributed by atoms with Gasteiger partial charge in [0, 0.05) is 0 Å². The molecule has 2 aromatic carbocycles. The predicted molar refractivity (Wildman–Crippen MR) is 74.5 cm³/mol. The van der Waals surface area contributed by atoms with Crippen LogP contribution < -0.4 is 0 Å². The van der Waals surface area contributed by atoms with Gasteiger partial charge in [-0.1, -0.05) is 48.6 Å². The summed E-state index contributed by atoms with van der Waals surface area (Å²) in [5.41, 5.74) is 5.56. The van der Waals surface area contributed by atoms with Crippen LogP contribution in [-0.4, -0.2) is 0 Å². The quantitative estimate of drug-likeness (QED) is 0.721. The zero-order valence-corrected chi connectivity index (χ0v) is 9.80. The van der Waals surface area contributed by atoms with Crippen molar-refractivity contribution in [1.82, 2.24) is 0 Å². The van der Waals surface area contributed by atoms with Crippen molar-refractivity contribution >= 4 is 17.7 Å². The number of hydrogen-bond acceptors (Lipinski definition) is 1. The molecule has 1 heteroatoms. The number of nitriles is 1. The van der Waals surface area contributed by atoms with Gasteiger partial charge < -0.3 is 0 Å². The van der Waals surface area contributed by atoms with Gasteiger partial charge in [-0.05, 0) is 40.5 Å². The molecular weight excluding hydrogens is 218 g/mol. The molecule has 0 bridgehead atoms. The molecule has 1 nitrogen and oxygen atoms in total. The fourth-order valence-electron chi connectivity index (χ4n) is 2.13. The molecule has 0 atom stereocenters. The van der Waals surface area contributed by atoms with Gasteiger partial charge in [0.25, 0.3) is 0 Å². The van der Waals surface area contributed by atoms with Crippen LogP contribution in [0.5, 0.6) is 0 Å². The van der Waals surface area contributed by atoms with E-state index in [2.05, 4.69) is 42.5 Å². The van der Waals surface area contributed by atoms with Gasteiger partial charge in [0.1, 0.15) is 0 Å². The molecule has 0 radical (unpaired) electrons. The molecule has 1 aliphatic rings. The topological polar surface area (TPSA) is 23.8 Å². The van der Waals surface area contributed by atoms with E-state index >= 15 is 0 Å². The van der Waals surface area contributed by atoms with Gasteiger partial charge in [0.15, 0.2) is 0 Å². The largest absolute Gasteiger partial charge is 0.192 e. The molecule has 0 fully saturated rings. The highest BCUT2D eigenvalue weighted by Gasteiger charge is 2.08. The Kier molecular flexibility index (Phi) is 2.55. The van der Waals surface area contributed by atoms with Crippen LogP contribution in [0.1, 0.15) is 22.3 Å². The number of hydrogen-bond donors (Lipinski definition) is 0. The second kappa shape index (κ2) is 4.35. The lowest BCUT2D eigenvalue weighted by molar-refractivity contribution is 1.48. The van der Waals surface area contributed by atoms with E-state index in [9.17, 15) is 0 Å². The molecule has 0 spiro atoms. The maximum Gasteiger partial charge on any atom is 0.0991 e. The van der Waals surface area contributed by atoms with E-state index < -0.39 is 0 Å². The molecule has 18 heavy (non-hydrogen) atoms. The highest BCUT2D eigenvalue weighted by atomic mass is 14.2. The Morgan fingerprint density at radius 2 is 1.67 bits per heavy atom. The van der Waals surface area contributed by atoms with Crippen molar-refractivity contribution in [3.8, 4) is 6.07 Å². The van der Waals surface area contributed by atoms with Gasteiger partial charge in [-0.3, -0.25) is 0 Å². The highest BCUT2D eigenvalue weighted by Crippen LogP contribution is 2.30. The zero-order chi connectivity index (χ0) is 12.4. The number of nitrogens with zero attached hydrogens (tertiary/aromatic N) is 1. The van der Waals surface area contributed by atoms with Crippen LogP contribution in [0.4, 0.5) is 0 Å². The maximum absolute atomic E-state index is 8.77. The summed E-state index contributed by atoms with van der Waals surface area (Å²) in [5.74, 6) is 0. The van der Waals surface area contributed by atoms with Crippen molar-refractivity contribution in [2.45, 2.75) is 0 Å². The Bertz CT molecular complexity index is 682. The Balaban J connectivity index is 1.99. The molecule has 0 saturated heterocycles. The van der Waals surface area contributed by atoms with Crippen LogP contribution in [-0.2, 0) is 0 Å². The van der Waals surface area contributed by atoms with Crippen molar-refractivity contribution in [3.63, 3.8) is 0 Å². The molecule has 2 aromatic rings. The van der Waals surface area contributed by atoms with E-state index in [1.807, 2.05) is 30.3 Å². The summed E-state index contributed by atoms with van der Waals surface area (Å²) in [6, 6.07) is 18.1. The first-order chi connectivity index (χ1) is 8.86. The van der Waals surface area contributed by atoms with Gasteiger partial charge in [-0.15, -0.1) is 0 Å². The predicted octanol–water partition coefficient (Wildman–Crippen LogP) is 4.13. The summed E-state index contributed by atoms with van der Waals surface area (Å²) in [6.45, 7) is 0. The second-order valence-corrected chi connectivity index (χ2v) is 4.25. The van der Waals surface area contributed by atoms with Crippen LogP contribution in [0.15, 0.2) is 54.6 Å². The molecule has 3 rings (SSSR count). The van der Waals surface area contributed by atoms with E-state index in [1.165, 1.54) is 16.7 Å². The van der Waals surface area contributed by atoms with E-state index in [-0.39, 0.29) is 0 Å². The third kappa shape index (κ3) is 1.85. The maximum atomic E-state index is 8.77. The van der Waals surface area contributed by atoms with Crippen molar-refractivity contribution in [1.29, 1.82) is 5.26 Å². The first-order valence-electron chi connectivity index (χ1n) is 5.86. The Morgan fingerprint density at radius 3 is 2.44 bits per heavy atom. The Labute approximate surface area is 106 Å². The second-order valence-electron chi connectivity index (χ2n) is 4.25. The highest BCUT2D eigenvalue weighted by molar-refractivity contribution is 5.97. The third-order valence-corrected chi connectivity index (χ3v) is 3.08. The average Bonchev–Trinajstić information content (AvgIpc) is 2.83. The molecule has 0 saturated carbocycles. The number of rotatable bonds is 1. The summed E-state index contributed by atoms with van der Waals surface area (Å²) in [4.78, 5) is 0. The van der Waals surface area contributed by atoms with Crippen molar-refractivity contribution in [3.05, 3.63) is 76.9 Å². The average molecular weight is 229 g/mol. The van der Waals surface area contributed by atoms with Gasteiger partial charge in [0.05, 0.1) is 11.6 Å². The minimum absolute atomic E-state index is 0.694. The SMILES string of the molecule is N#Cc1ccc(/C=C2\C=Cc3ccccc32)cc1. The Morgan fingerprint density at radius 1 is 0.889 bits per heavy atom. The molecule has 0 unspecified atom stereocenters. The standard InChI is InChI=1S/C17H11N/c18-12-14-7-5-13(6-8-14)11-16-10-9-15-3-1-2-4-17(15)16/h1-11H/b16-11+. The minimum atomic E-state index is 0.694. The van der Waals surface area contributed by atoms with Crippen LogP contribution in [0, 0.1) is 11.3 Å². The molecule has 0 N–H and O–H groups in total. The summed E-state index contributed by atoms with van der Waals surface area (Å²) < 4.78 is 0. The van der Waals surface area contributed by atoms with Crippen LogP contribution in [0.25, 0.3) is 17.7 Å².